The number of aldehydes is 1. The van der Waals surface area contributed by atoms with Crippen molar-refractivity contribution < 1.29 is 74.4 Å². The Morgan fingerprint density at radius 3 is 2.00 bits per heavy atom. The lowest BCUT2D eigenvalue weighted by Crippen LogP contribution is -2.37. The molecule has 0 radical (unpaired) electrons. The van der Waals surface area contributed by atoms with Gasteiger partial charge in [0.1, 0.15) is 59.8 Å². The summed E-state index contributed by atoms with van der Waals surface area (Å²) in [7, 11) is 0. The number of benzene rings is 4. The summed E-state index contributed by atoms with van der Waals surface area (Å²) in [6.07, 6.45) is -10.7. The minimum atomic E-state index is -4.72. The van der Waals surface area contributed by atoms with Crippen molar-refractivity contribution in [3.63, 3.8) is 0 Å². The number of aromatic hydroxyl groups is 1. The minimum Gasteiger partial charge on any atom is -0.508 e. The van der Waals surface area contributed by atoms with Gasteiger partial charge in [-0.05, 0) is 101 Å². The monoisotopic (exact) mass is 1150 g/mol. The Hall–Kier alpha value is -6.90. The number of aromatic amines is 1. The SMILES string of the molecule is Nc1ncnc2c1ncn2[C@@H]1OC2COP(=O)(SCCc3ccc(OC(=O)c4ccc(C=O)cc4)cc3)O[C@@H]3[C@H](F)[C@@H](COP(=O)(SCc4ccc(OC(=O)c5ccc(O)cc5)cc4)O[C@H]2[C@H]1F)O[C@H]3n1ccc(=O)[nH]c1=O. The van der Waals surface area contributed by atoms with Crippen molar-refractivity contribution in [2.45, 2.75) is 61.4 Å². The molecule has 2 bridgehead atoms. The number of aryl methyl sites for hydroxylation is 1. The summed E-state index contributed by atoms with van der Waals surface area (Å²) in [5.41, 5.74) is 6.27. The quantitative estimate of drug-likeness (QED) is 0.0415. The molecule has 3 aliphatic rings. The average Bonchev–Trinajstić information content (AvgIpc) is 4.20. The molecular formula is C49H43F2N7O16P2S2. The number of nitrogens with one attached hydrogen (secondary N) is 1. The molecule has 6 heterocycles. The zero-order chi connectivity index (χ0) is 54.7. The Bertz CT molecular complexity index is 3560. The van der Waals surface area contributed by atoms with E-state index in [0.717, 1.165) is 23.2 Å². The number of esters is 2. The van der Waals surface area contributed by atoms with Crippen LogP contribution in [-0.4, -0.2) is 108 Å². The highest BCUT2D eigenvalue weighted by Gasteiger charge is 2.55. The number of alkyl halides is 2. The number of rotatable bonds is 14. The molecule has 0 spiro atoms. The number of phenols is 1. The molecule has 3 fully saturated rings. The molecule has 10 atom stereocenters. The fraction of sp³-hybridized carbons (Fsp3) is 0.265. The van der Waals surface area contributed by atoms with Gasteiger partial charge in [0.25, 0.3) is 5.56 Å². The fourth-order valence-electron chi connectivity index (χ4n) is 8.29. The zero-order valence-corrected chi connectivity index (χ0v) is 43.6. The molecule has 0 saturated carbocycles. The van der Waals surface area contributed by atoms with Gasteiger partial charge in [-0.3, -0.25) is 41.8 Å². The Kier molecular flexibility index (Phi) is 16.2. The van der Waals surface area contributed by atoms with Gasteiger partial charge in [0, 0.05) is 29.3 Å². The minimum absolute atomic E-state index is 0.0223. The number of carbonyl (C=O) groups excluding carboxylic acids is 3. The fourth-order valence-corrected chi connectivity index (χ4v) is 15.1. The highest BCUT2D eigenvalue weighted by Crippen LogP contribution is 2.67. The van der Waals surface area contributed by atoms with Crippen LogP contribution in [0.5, 0.6) is 17.2 Å². The van der Waals surface area contributed by atoms with E-state index >= 15 is 17.9 Å². The maximum absolute atomic E-state index is 17.3. The van der Waals surface area contributed by atoms with Crippen LogP contribution in [0.3, 0.4) is 0 Å². The Balaban J connectivity index is 0.925. The van der Waals surface area contributed by atoms with Crippen LogP contribution >= 0.6 is 36.4 Å². The first kappa shape index (κ1) is 54.5. The number of carbonyl (C=O) groups is 3. The summed E-state index contributed by atoms with van der Waals surface area (Å²) in [6, 6.07) is 24.6. The summed E-state index contributed by atoms with van der Waals surface area (Å²) < 4.78 is 114. The van der Waals surface area contributed by atoms with Gasteiger partial charge in [-0.2, -0.15) is 0 Å². The molecule has 4 N–H and O–H groups in total. The van der Waals surface area contributed by atoms with E-state index < -0.39 is 99.2 Å². The second kappa shape index (κ2) is 23.2. The van der Waals surface area contributed by atoms with Crippen molar-refractivity contribution >= 4 is 71.6 Å². The van der Waals surface area contributed by atoms with Crippen molar-refractivity contribution in [1.82, 2.24) is 29.1 Å². The van der Waals surface area contributed by atoms with Gasteiger partial charge < -0.3 is 29.8 Å². The number of fused-ring (bicyclic) bond motifs is 4. The van der Waals surface area contributed by atoms with Crippen LogP contribution in [0.25, 0.3) is 11.2 Å². The number of nitrogens with two attached hydrogens (primary N) is 1. The van der Waals surface area contributed by atoms with E-state index in [1.54, 1.807) is 24.3 Å². The Morgan fingerprint density at radius 2 is 1.35 bits per heavy atom. The molecule has 3 saturated heterocycles. The van der Waals surface area contributed by atoms with E-state index in [1.807, 2.05) is 0 Å². The maximum atomic E-state index is 17.3. The summed E-state index contributed by atoms with van der Waals surface area (Å²) in [4.78, 5) is 76.3. The second-order valence-corrected chi connectivity index (χ2v) is 25.6. The lowest BCUT2D eigenvalue weighted by molar-refractivity contribution is -0.0589. The van der Waals surface area contributed by atoms with Gasteiger partial charge in [-0.15, -0.1) is 0 Å². The molecule has 4 aromatic carbocycles. The molecule has 7 aromatic rings. The molecule has 10 rings (SSSR count). The van der Waals surface area contributed by atoms with E-state index in [-0.39, 0.29) is 63.3 Å². The Morgan fingerprint density at radius 1 is 0.744 bits per heavy atom. The number of H-pyrrole nitrogens is 1. The summed E-state index contributed by atoms with van der Waals surface area (Å²) in [6.45, 7) is -11.1. The lowest BCUT2D eigenvalue weighted by atomic mass is 10.1. The first-order valence-electron chi connectivity index (χ1n) is 23.5. The van der Waals surface area contributed by atoms with Crippen molar-refractivity contribution in [3.8, 4) is 17.2 Å². The number of hydrogen-bond donors (Lipinski definition) is 3. The molecule has 78 heavy (non-hydrogen) atoms. The predicted octanol–water partition coefficient (Wildman–Crippen LogP) is 7.33. The Labute approximate surface area is 447 Å². The molecule has 406 valence electrons. The number of aromatic nitrogens is 6. The van der Waals surface area contributed by atoms with E-state index in [2.05, 4.69) is 19.9 Å². The number of anilines is 1. The standard InChI is InChI=1S/C49H43F2N7O16P2S2/c50-38-35-22-67-76(66,78-24-29-5-15-34(16-6-29)70-48(63)31-9-11-32(60)12-10-31)73-41-36(72-45(39(41)51)58-26-55-40-43(52)53-25-54-44(40)58)23-68-75(65,74-42(38)46(71-35)57-19-17-37(61)56-49(57)64)77-20-18-27-3-13-33(14-4-27)69-47(62)30-7-1-28(21-59)2-8-30/h1-17,19,21,25-26,35-36,38-39,41-42,45-46,60H,18,20,22-24H2,(H2,52,53,54)(H,56,61,64)/t35-,36?,38-,39-,41-,42-,45-,46-,75?,76?/m1/s1. The highest BCUT2D eigenvalue weighted by atomic mass is 32.7. The average molecular weight is 1150 g/mol. The third-order valence-electron chi connectivity index (χ3n) is 12.3. The van der Waals surface area contributed by atoms with Crippen molar-refractivity contribution in [3.05, 3.63) is 171 Å². The molecule has 3 unspecified atom stereocenters. The second-order valence-electron chi connectivity index (χ2n) is 17.5. The number of phenolic OH excluding ortho intramolecular Hbond substituents is 1. The highest BCUT2D eigenvalue weighted by molar-refractivity contribution is 8.55. The van der Waals surface area contributed by atoms with E-state index in [0.29, 0.717) is 45.7 Å². The van der Waals surface area contributed by atoms with E-state index in [4.69, 9.17) is 42.8 Å². The van der Waals surface area contributed by atoms with Crippen molar-refractivity contribution in [1.29, 1.82) is 0 Å². The van der Waals surface area contributed by atoms with E-state index in [9.17, 15) is 29.1 Å². The zero-order valence-electron chi connectivity index (χ0n) is 40.1. The van der Waals surface area contributed by atoms with Crippen LogP contribution < -0.4 is 26.5 Å². The third kappa shape index (κ3) is 12.2. The number of nitrogens with zero attached hydrogens (tertiary/aromatic N) is 5. The van der Waals surface area contributed by atoms with Gasteiger partial charge >= 0.3 is 31.2 Å². The third-order valence-corrected chi connectivity index (χ3v) is 19.7. The van der Waals surface area contributed by atoms with Gasteiger partial charge in [-0.25, -0.2) is 47.2 Å². The molecule has 3 aliphatic heterocycles. The van der Waals surface area contributed by atoms with Crippen molar-refractivity contribution in [2.24, 2.45) is 0 Å². The van der Waals surface area contributed by atoms with Gasteiger partial charge in [0.15, 0.2) is 36.3 Å². The van der Waals surface area contributed by atoms with Gasteiger partial charge in [0.05, 0.1) is 30.7 Å². The summed E-state index contributed by atoms with van der Waals surface area (Å²) >= 11 is 1.21. The van der Waals surface area contributed by atoms with Crippen LogP contribution in [0, 0.1) is 0 Å². The van der Waals surface area contributed by atoms with Gasteiger partial charge in [0.2, 0.25) is 0 Å². The maximum Gasteiger partial charge on any atom is 0.389 e. The summed E-state index contributed by atoms with van der Waals surface area (Å²) in [5.74, 6) is -1.27. The molecule has 3 aromatic heterocycles. The van der Waals surface area contributed by atoms with E-state index in [1.165, 1.54) is 83.7 Å². The number of nitrogen functional groups attached to an aromatic ring is 1. The molecule has 0 amide bonds. The van der Waals surface area contributed by atoms with Crippen molar-refractivity contribution in [2.75, 3.05) is 24.7 Å². The van der Waals surface area contributed by atoms with Crippen LogP contribution in [0.2, 0.25) is 0 Å². The van der Waals surface area contributed by atoms with Crippen LogP contribution in [0.4, 0.5) is 14.6 Å². The van der Waals surface area contributed by atoms with Crippen LogP contribution in [-0.2, 0) is 48.9 Å². The van der Waals surface area contributed by atoms with Gasteiger partial charge in [-0.1, -0.05) is 36.4 Å². The number of imidazole rings is 1. The van der Waals surface area contributed by atoms with Crippen LogP contribution in [0.15, 0.2) is 132 Å². The molecule has 29 heteroatoms. The molecule has 0 aliphatic carbocycles. The normalized spacial score (nSPS) is 26.2. The lowest BCUT2D eigenvalue weighted by Gasteiger charge is -2.28. The van der Waals surface area contributed by atoms with Crippen LogP contribution in [0.1, 0.15) is 54.7 Å². The number of hydrogen-bond acceptors (Lipinski definition) is 22. The molecular weight excluding hydrogens is 1110 g/mol. The largest absolute Gasteiger partial charge is 0.508 e. The smallest absolute Gasteiger partial charge is 0.389 e. The molecule has 23 nitrogen and oxygen atoms in total. The first-order valence-corrected chi connectivity index (χ1v) is 29.8. The summed E-state index contributed by atoms with van der Waals surface area (Å²) in [5, 5.41) is 9.59. The predicted molar refractivity (Wildman–Crippen MR) is 276 cm³/mol. The number of ether oxygens (including phenoxy) is 4. The topological polar surface area (TPSA) is 304 Å². The first-order chi connectivity index (χ1) is 37.5. The number of halogens is 2.